The fraction of sp³-hybridized carbons (Fsp3) is 0.381. The summed E-state index contributed by atoms with van der Waals surface area (Å²) in [5.74, 6) is 1.44. The van der Waals surface area contributed by atoms with Gasteiger partial charge in [-0.3, -0.25) is 4.79 Å². The van der Waals surface area contributed by atoms with Gasteiger partial charge in [-0.15, -0.1) is 0 Å². The molecule has 6 heteroatoms. The Morgan fingerprint density at radius 3 is 3.00 bits per heavy atom. The summed E-state index contributed by atoms with van der Waals surface area (Å²) in [6.07, 6.45) is 4.18. The Morgan fingerprint density at radius 2 is 2.15 bits per heavy atom. The first-order chi connectivity index (χ1) is 13.1. The zero-order valence-corrected chi connectivity index (χ0v) is 15.7. The van der Waals surface area contributed by atoms with E-state index in [2.05, 4.69) is 21.0 Å². The van der Waals surface area contributed by atoms with Crippen molar-refractivity contribution < 1.29 is 9.53 Å². The first-order valence-electron chi connectivity index (χ1n) is 9.40. The molecule has 3 heterocycles. The van der Waals surface area contributed by atoms with Crippen molar-refractivity contribution in [2.45, 2.75) is 39.2 Å². The quantitative estimate of drug-likeness (QED) is 0.772. The number of nitrogens with one attached hydrogen (secondary N) is 1. The molecular weight excluding hydrogens is 340 g/mol. The molecule has 1 saturated heterocycles. The van der Waals surface area contributed by atoms with Crippen LogP contribution in [-0.2, 0) is 11.2 Å². The van der Waals surface area contributed by atoms with Crippen molar-refractivity contribution in [2.24, 2.45) is 0 Å². The van der Waals surface area contributed by atoms with E-state index >= 15 is 0 Å². The smallest absolute Gasteiger partial charge is 0.227 e. The molecule has 1 fully saturated rings. The van der Waals surface area contributed by atoms with Gasteiger partial charge in [-0.2, -0.15) is 4.98 Å². The third-order valence-corrected chi connectivity index (χ3v) is 4.98. The van der Waals surface area contributed by atoms with E-state index in [4.69, 9.17) is 4.74 Å². The van der Waals surface area contributed by atoms with Crippen LogP contribution in [0.15, 0.2) is 36.5 Å². The van der Waals surface area contributed by atoms with Crippen molar-refractivity contribution in [3.05, 3.63) is 53.6 Å². The third-order valence-electron chi connectivity index (χ3n) is 4.98. The Hall–Kier alpha value is -2.89. The van der Waals surface area contributed by atoms with Gasteiger partial charge in [0.1, 0.15) is 11.9 Å². The molecule has 1 unspecified atom stereocenters. The van der Waals surface area contributed by atoms with Crippen LogP contribution in [0.25, 0.3) is 10.9 Å². The van der Waals surface area contributed by atoms with E-state index < -0.39 is 0 Å². The Kier molecular flexibility index (Phi) is 4.79. The number of aryl methyl sites for hydroxylation is 2. The number of rotatable bonds is 4. The lowest BCUT2D eigenvalue weighted by molar-refractivity contribution is -0.133. The number of ether oxygens (including phenoxy) is 1. The summed E-state index contributed by atoms with van der Waals surface area (Å²) < 4.78 is 6.05. The summed E-state index contributed by atoms with van der Waals surface area (Å²) in [5.41, 5.74) is 3.00. The number of aromatic amines is 1. The number of carbonyl (C=O) groups excluding carboxylic acids is 1. The van der Waals surface area contributed by atoms with Gasteiger partial charge in [0.15, 0.2) is 0 Å². The van der Waals surface area contributed by atoms with Crippen molar-refractivity contribution in [1.82, 2.24) is 19.9 Å². The first-order valence-corrected chi connectivity index (χ1v) is 9.40. The molecule has 1 amide bonds. The zero-order valence-electron chi connectivity index (χ0n) is 15.7. The number of hydrogen-bond acceptors (Lipinski definition) is 4. The highest BCUT2D eigenvalue weighted by Crippen LogP contribution is 2.21. The molecule has 0 bridgehead atoms. The zero-order chi connectivity index (χ0) is 18.8. The van der Waals surface area contributed by atoms with Crippen LogP contribution < -0.4 is 4.74 Å². The second kappa shape index (κ2) is 7.39. The van der Waals surface area contributed by atoms with Crippen molar-refractivity contribution in [2.75, 3.05) is 13.1 Å². The maximum absolute atomic E-state index is 12.8. The molecule has 0 radical (unpaired) electrons. The van der Waals surface area contributed by atoms with Crippen LogP contribution in [-0.4, -0.2) is 45.0 Å². The van der Waals surface area contributed by atoms with E-state index in [0.717, 1.165) is 41.5 Å². The van der Waals surface area contributed by atoms with Crippen LogP contribution in [0.5, 0.6) is 5.88 Å². The third kappa shape index (κ3) is 3.94. The van der Waals surface area contributed by atoms with Gasteiger partial charge in [0.25, 0.3) is 0 Å². The number of likely N-dealkylation sites (tertiary alicyclic amines) is 1. The van der Waals surface area contributed by atoms with Crippen molar-refractivity contribution >= 4 is 16.8 Å². The number of nitrogens with zero attached hydrogens (tertiary/aromatic N) is 3. The molecule has 1 aliphatic heterocycles. The lowest BCUT2D eigenvalue weighted by Gasteiger charge is -2.32. The average molecular weight is 364 g/mol. The highest BCUT2D eigenvalue weighted by Gasteiger charge is 2.26. The molecule has 1 atom stereocenters. The van der Waals surface area contributed by atoms with Gasteiger partial charge < -0.3 is 14.6 Å². The fourth-order valence-electron chi connectivity index (χ4n) is 3.73. The van der Waals surface area contributed by atoms with Gasteiger partial charge in [0.05, 0.1) is 13.0 Å². The molecule has 1 N–H and O–H groups in total. The van der Waals surface area contributed by atoms with Crippen LogP contribution in [0.1, 0.15) is 29.9 Å². The Labute approximate surface area is 158 Å². The number of piperidine rings is 1. The van der Waals surface area contributed by atoms with Crippen molar-refractivity contribution in [3.63, 3.8) is 0 Å². The van der Waals surface area contributed by atoms with E-state index in [1.54, 1.807) is 0 Å². The molecule has 2 aromatic heterocycles. The summed E-state index contributed by atoms with van der Waals surface area (Å²) in [6, 6.07) is 9.92. The van der Waals surface area contributed by atoms with E-state index in [1.165, 1.54) is 0 Å². The maximum atomic E-state index is 12.8. The minimum Gasteiger partial charge on any atom is -0.472 e. The highest BCUT2D eigenvalue weighted by atomic mass is 16.5. The Bertz CT molecular complexity index is 945. The van der Waals surface area contributed by atoms with E-state index in [-0.39, 0.29) is 12.0 Å². The number of fused-ring (bicyclic) bond motifs is 1. The summed E-state index contributed by atoms with van der Waals surface area (Å²) in [5, 5.41) is 1.11. The van der Waals surface area contributed by atoms with E-state index in [0.29, 0.717) is 24.7 Å². The minimum absolute atomic E-state index is 0.0284. The molecular formula is C21H24N4O2. The summed E-state index contributed by atoms with van der Waals surface area (Å²) in [7, 11) is 0. The molecule has 0 spiro atoms. The molecule has 1 aliphatic rings. The van der Waals surface area contributed by atoms with Crippen LogP contribution in [0, 0.1) is 13.8 Å². The molecule has 0 saturated carbocycles. The molecule has 6 nitrogen and oxygen atoms in total. The maximum Gasteiger partial charge on any atom is 0.227 e. The number of benzene rings is 1. The Morgan fingerprint density at radius 1 is 1.30 bits per heavy atom. The van der Waals surface area contributed by atoms with Gasteiger partial charge in [-0.1, -0.05) is 18.2 Å². The molecule has 3 aromatic rings. The predicted octanol–water partition coefficient (Wildman–Crippen LogP) is 3.19. The standard InChI is InChI=1S/C21H24N4O2/c1-14-10-20(24-15(2)23-14)27-17-6-5-9-25(13-17)21(26)11-16-12-22-19-8-4-3-7-18(16)19/h3-4,7-8,10,12,17,22H,5-6,9,11,13H2,1-2H3. The van der Waals surface area contributed by atoms with Gasteiger partial charge in [0, 0.05) is 35.4 Å². The van der Waals surface area contributed by atoms with E-state index in [9.17, 15) is 4.79 Å². The number of aromatic nitrogens is 3. The molecule has 140 valence electrons. The van der Waals surface area contributed by atoms with Crippen molar-refractivity contribution in [1.29, 1.82) is 0 Å². The van der Waals surface area contributed by atoms with Gasteiger partial charge >= 0.3 is 0 Å². The second-order valence-corrected chi connectivity index (χ2v) is 7.15. The topological polar surface area (TPSA) is 71.1 Å². The average Bonchev–Trinajstić information content (AvgIpc) is 3.04. The number of H-pyrrole nitrogens is 1. The van der Waals surface area contributed by atoms with Crippen molar-refractivity contribution in [3.8, 4) is 5.88 Å². The predicted molar refractivity (Wildman–Crippen MR) is 104 cm³/mol. The SMILES string of the molecule is Cc1cc(OC2CCCN(C(=O)Cc3c[nH]c4ccccc34)C2)nc(C)n1. The molecule has 4 rings (SSSR count). The number of para-hydroxylation sites is 1. The van der Waals surface area contributed by atoms with Gasteiger partial charge in [0.2, 0.25) is 11.8 Å². The summed E-state index contributed by atoms with van der Waals surface area (Å²) in [6.45, 7) is 5.17. The van der Waals surface area contributed by atoms with Gasteiger partial charge in [-0.05, 0) is 38.3 Å². The number of carbonyl (C=O) groups is 1. The van der Waals surface area contributed by atoms with Crippen LogP contribution in [0.3, 0.4) is 0 Å². The second-order valence-electron chi connectivity index (χ2n) is 7.15. The first kappa shape index (κ1) is 17.5. The fourth-order valence-corrected chi connectivity index (χ4v) is 3.73. The number of amides is 1. The molecule has 1 aromatic carbocycles. The normalized spacial score (nSPS) is 17.3. The lowest BCUT2D eigenvalue weighted by atomic mass is 10.1. The molecule has 27 heavy (non-hydrogen) atoms. The highest BCUT2D eigenvalue weighted by molar-refractivity contribution is 5.88. The minimum atomic E-state index is -0.0284. The number of hydrogen-bond donors (Lipinski definition) is 1. The largest absolute Gasteiger partial charge is 0.472 e. The van der Waals surface area contributed by atoms with Crippen LogP contribution in [0.4, 0.5) is 0 Å². The van der Waals surface area contributed by atoms with E-state index in [1.807, 2.05) is 49.2 Å². The Balaban J connectivity index is 1.42. The van der Waals surface area contributed by atoms with Crippen LogP contribution in [0.2, 0.25) is 0 Å². The summed E-state index contributed by atoms with van der Waals surface area (Å²) in [4.78, 5) is 26.6. The summed E-state index contributed by atoms with van der Waals surface area (Å²) >= 11 is 0. The lowest BCUT2D eigenvalue weighted by Crippen LogP contribution is -2.45. The monoisotopic (exact) mass is 364 g/mol. The molecule has 0 aliphatic carbocycles. The van der Waals surface area contributed by atoms with Gasteiger partial charge in [-0.25, -0.2) is 4.98 Å². The van der Waals surface area contributed by atoms with Crippen LogP contribution >= 0.6 is 0 Å².